The van der Waals surface area contributed by atoms with Gasteiger partial charge in [-0.3, -0.25) is 4.79 Å². The second-order valence-electron chi connectivity index (χ2n) is 6.27. The van der Waals surface area contributed by atoms with Crippen LogP contribution in [0.2, 0.25) is 5.02 Å². The summed E-state index contributed by atoms with van der Waals surface area (Å²) in [6.07, 6.45) is 1.86. The van der Waals surface area contributed by atoms with Crippen LogP contribution in [0.4, 0.5) is 10.5 Å². The van der Waals surface area contributed by atoms with Gasteiger partial charge in [0.25, 0.3) is 5.91 Å². The number of hydrogen-bond donors (Lipinski definition) is 2. The Bertz CT molecular complexity index is 756. The van der Waals surface area contributed by atoms with Gasteiger partial charge in [0, 0.05) is 35.9 Å². The average Bonchev–Trinajstić information content (AvgIpc) is 2.67. The minimum absolute atomic E-state index is 0.0217. The molecule has 0 fully saturated rings. The lowest BCUT2D eigenvalue weighted by Gasteiger charge is -2.21. The zero-order chi connectivity index (χ0) is 19.6. The van der Waals surface area contributed by atoms with Crippen molar-refractivity contribution < 1.29 is 9.59 Å². The van der Waals surface area contributed by atoms with Gasteiger partial charge in [0.1, 0.15) is 0 Å². The highest BCUT2D eigenvalue weighted by Gasteiger charge is 2.14. The third kappa shape index (κ3) is 6.29. The lowest BCUT2D eigenvalue weighted by atomic mass is 10.1. The second kappa shape index (κ2) is 10.6. The summed E-state index contributed by atoms with van der Waals surface area (Å²) in [6, 6.07) is 14.0. The van der Waals surface area contributed by atoms with Gasteiger partial charge in [-0.05, 0) is 48.7 Å². The fourth-order valence-electron chi connectivity index (χ4n) is 2.73. The number of carbonyl (C=O) groups is 2. The molecule has 5 nitrogen and oxygen atoms in total. The van der Waals surface area contributed by atoms with Crippen molar-refractivity contribution >= 4 is 29.2 Å². The van der Waals surface area contributed by atoms with Crippen molar-refractivity contribution in [2.45, 2.75) is 33.2 Å². The van der Waals surface area contributed by atoms with Crippen LogP contribution in [-0.4, -0.2) is 29.9 Å². The number of nitrogens with zero attached hydrogens (tertiary/aromatic N) is 1. The lowest BCUT2D eigenvalue weighted by Crippen LogP contribution is -2.32. The van der Waals surface area contributed by atoms with E-state index in [0.717, 1.165) is 31.5 Å². The summed E-state index contributed by atoms with van der Waals surface area (Å²) in [7, 11) is 0. The summed E-state index contributed by atoms with van der Waals surface area (Å²) in [6.45, 7) is 5.95. The summed E-state index contributed by atoms with van der Waals surface area (Å²) >= 11 is 6.08. The van der Waals surface area contributed by atoms with Crippen LogP contribution in [0.25, 0.3) is 0 Å². The van der Waals surface area contributed by atoms with Crippen molar-refractivity contribution in [3.05, 3.63) is 64.7 Å². The number of nitrogens with one attached hydrogen (secondary N) is 2. The highest BCUT2D eigenvalue weighted by molar-refractivity contribution is 6.31. The van der Waals surface area contributed by atoms with E-state index in [9.17, 15) is 9.59 Å². The van der Waals surface area contributed by atoms with Crippen LogP contribution < -0.4 is 10.6 Å². The van der Waals surface area contributed by atoms with Crippen LogP contribution >= 0.6 is 11.6 Å². The van der Waals surface area contributed by atoms with Gasteiger partial charge in [-0.2, -0.15) is 0 Å². The van der Waals surface area contributed by atoms with E-state index in [1.165, 1.54) is 0 Å². The molecule has 0 bridgehead atoms. The molecule has 0 atom stereocenters. The van der Waals surface area contributed by atoms with E-state index in [1.807, 2.05) is 23.1 Å². The van der Waals surface area contributed by atoms with Crippen LogP contribution in [0.15, 0.2) is 48.5 Å². The number of halogens is 1. The quantitative estimate of drug-likeness (QED) is 0.675. The zero-order valence-electron chi connectivity index (χ0n) is 15.8. The number of amides is 3. The maximum absolute atomic E-state index is 12.6. The number of anilines is 1. The van der Waals surface area contributed by atoms with Crippen LogP contribution in [0.5, 0.6) is 0 Å². The molecule has 2 aromatic rings. The summed E-state index contributed by atoms with van der Waals surface area (Å²) in [5, 5.41) is 6.14. The summed E-state index contributed by atoms with van der Waals surface area (Å²) in [5.74, 6) is 0.0217. The summed E-state index contributed by atoms with van der Waals surface area (Å²) < 4.78 is 0. The SMILES string of the molecule is CCCN(CCC)C(=O)c1ccc(NC(=O)NCc2ccccc2Cl)cc1. The highest BCUT2D eigenvalue weighted by atomic mass is 35.5. The Morgan fingerprint density at radius 3 is 2.19 bits per heavy atom. The van der Waals surface area contributed by atoms with Crippen molar-refractivity contribution in [1.29, 1.82) is 0 Å². The van der Waals surface area contributed by atoms with Crippen molar-refractivity contribution in [3.63, 3.8) is 0 Å². The van der Waals surface area contributed by atoms with Crippen LogP contribution in [0.3, 0.4) is 0 Å². The molecule has 0 unspecified atom stereocenters. The molecule has 0 spiro atoms. The Morgan fingerprint density at radius 1 is 0.963 bits per heavy atom. The normalized spacial score (nSPS) is 10.3. The fraction of sp³-hybridized carbons (Fsp3) is 0.333. The molecule has 0 heterocycles. The lowest BCUT2D eigenvalue weighted by molar-refractivity contribution is 0.0755. The molecule has 0 aliphatic heterocycles. The van der Waals surface area contributed by atoms with Gasteiger partial charge >= 0.3 is 6.03 Å². The van der Waals surface area contributed by atoms with Crippen LogP contribution in [0.1, 0.15) is 42.6 Å². The number of benzene rings is 2. The van der Waals surface area contributed by atoms with Crippen molar-refractivity contribution in [1.82, 2.24) is 10.2 Å². The predicted molar refractivity (Wildman–Crippen MR) is 110 cm³/mol. The minimum Gasteiger partial charge on any atom is -0.339 e. The highest BCUT2D eigenvalue weighted by Crippen LogP contribution is 2.15. The largest absolute Gasteiger partial charge is 0.339 e. The Morgan fingerprint density at radius 2 is 1.59 bits per heavy atom. The summed E-state index contributed by atoms with van der Waals surface area (Å²) in [4.78, 5) is 26.5. The molecule has 0 saturated heterocycles. The smallest absolute Gasteiger partial charge is 0.319 e. The predicted octanol–water partition coefficient (Wildman–Crippen LogP) is 4.92. The molecular weight excluding hydrogens is 362 g/mol. The maximum atomic E-state index is 12.6. The number of rotatable bonds is 8. The van der Waals surface area contributed by atoms with Gasteiger partial charge in [0.05, 0.1) is 0 Å². The monoisotopic (exact) mass is 387 g/mol. The zero-order valence-corrected chi connectivity index (χ0v) is 16.6. The molecule has 3 amide bonds. The van der Waals surface area contributed by atoms with E-state index < -0.39 is 0 Å². The molecule has 144 valence electrons. The van der Waals surface area contributed by atoms with Crippen molar-refractivity contribution in [3.8, 4) is 0 Å². The van der Waals surface area contributed by atoms with Gasteiger partial charge in [-0.1, -0.05) is 43.6 Å². The van der Waals surface area contributed by atoms with E-state index in [4.69, 9.17) is 11.6 Å². The van der Waals surface area contributed by atoms with Crippen LogP contribution in [-0.2, 0) is 6.54 Å². The van der Waals surface area contributed by atoms with E-state index in [2.05, 4.69) is 24.5 Å². The van der Waals surface area contributed by atoms with Crippen LogP contribution in [0, 0.1) is 0 Å². The molecule has 2 rings (SSSR count). The molecule has 0 aromatic heterocycles. The van der Waals surface area contributed by atoms with Gasteiger partial charge in [-0.25, -0.2) is 4.79 Å². The van der Waals surface area contributed by atoms with Gasteiger partial charge in [0.15, 0.2) is 0 Å². The standard InChI is InChI=1S/C21H26ClN3O2/c1-3-13-25(14-4-2)20(26)16-9-11-18(12-10-16)24-21(27)23-15-17-7-5-6-8-19(17)22/h5-12H,3-4,13-15H2,1-2H3,(H2,23,24,27). The molecular formula is C21H26ClN3O2. The fourth-order valence-corrected chi connectivity index (χ4v) is 2.93. The van der Waals surface area contributed by atoms with E-state index in [1.54, 1.807) is 30.3 Å². The van der Waals surface area contributed by atoms with E-state index in [0.29, 0.717) is 22.8 Å². The van der Waals surface area contributed by atoms with Gasteiger partial charge in [-0.15, -0.1) is 0 Å². The molecule has 2 aromatic carbocycles. The van der Waals surface area contributed by atoms with Crippen molar-refractivity contribution in [2.75, 3.05) is 18.4 Å². The first-order valence-corrected chi connectivity index (χ1v) is 9.60. The molecule has 0 aliphatic rings. The Balaban J connectivity index is 1.91. The van der Waals surface area contributed by atoms with E-state index in [-0.39, 0.29) is 11.9 Å². The molecule has 0 saturated carbocycles. The third-order valence-corrected chi connectivity index (χ3v) is 4.43. The first kappa shape index (κ1) is 20.8. The topological polar surface area (TPSA) is 61.4 Å². The molecule has 27 heavy (non-hydrogen) atoms. The van der Waals surface area contributed by atoms with Gasteiger partial charge < -0.3 is 15.5 Å². The molecule has 0 aliphatic carbocycles. The first-order valence-electron chi connectivity index (χ1n) is 9.22. The first-order chi connectivity index (χ1) is 13.0. The Hall–Kier alpha value is -2.53. The number of carbonyl (C=O) groups excluding carboxylic acids is 2. The maximum Gasteiger partial charge on any atom is 0.319 e. The number of urea groups is 1. The average molecular weight is 388 g/mol. The Kier molecular flexibility index (Phi) is 8.14. The minimum atomic E-state index is -0.326. The summed E-state index contributed by atoms with van der Waals surface area (Å²) in [5.41, 5.74) is 2.10. The van der Waals surface area contributed by atoms with Gasteiger partial charge in [0.2, 0.25) is 0 Å². The molecule has 2 N–H and O–H groups in total. The van der Waals surface area contributed by atoms with E-state index >= 15 is 0 Å². The third-order valence-electron chi connectivity index (χ3n) is 4.06. The van der Waals surface area contributed by atoms with Crippen molar-refractivity contribution in [2.24, 2.45) is 0 Å². The molecule has 0 radical (unpaired) electrons. The second-order valence-corrected chi connectivity index (χ2v) is 6.68. The Labute approximate surface area is 165 Å². The number of hydrogen-bond acceptors (Lipinski definition) is 2. The molecule has 6 heteroatoms.